The highest BCUT2D eigenvalue weighted by Crippen LogP contribution is 2.24. The van der Waals surface area contributed by atoms with Gasteiger partial charge in [-0.2, -0.15) is 0 Å². The monoisotopic (exact) mass is 304 g/mol. The maximum atomic E-state index is 12.5. The average molecular weight is 304 g/mol. The van der Waals surface area contributed by atoms with Gasteiger partial charge in [-0.15, -0.1) is 6.58 Å². The van der Waals surface area contributed by atoms with Gasteiger partial charge in [0.15, 0.2) is 5.79 Å². The van der Waals surface area contributed by atoms with Gasteiger partial charge in [0.2, 0.25) is 5.91 Å². The summed E-state index contributed by atoms with van der Waals surface area (Å²) in [5, 5.41) is 6.09. The molecular formula is C17H24N2O3. The molecule has 0 spiro atoms. The molecule has 0 aliphatic carbocycles. The molecule has 2 rings (SSSR count). The summed E-state index contributed by atoms with van der Waals surface area (Å²) >= 11 is 0. The van der Waals surface area contributed by atoms with E-state index < -0.39 is 11.8 Å². The zero-order chi connectivity index (χ0) is 16.0. The number of carbonyl (C=O) groups excluding carboxylic acids is 1. The Bertz CT molecular complexity index is 502. The largest absolute Gasteiger partial charge is 0.351 e. The molecule has 120 valence electrons. The van der Waals surface area contributed by atoms with E-state index in [0.717, 1.165) is 5.56 Å². The Labute approximate surface area is 131 Å². The van der Waals surface area contributed by atoms with Gasteiger partial charge in [-0.1, -0.05) is 36.4 Å². The molecule has 22 heavy (non-hydrogen) atoms. The van der Waals surface area contributed by atoms with Crippen molar-refractivity contribution >= 4 is 5.91 Å². The molecule has 1 aromatic rings. The van der Waals surface area contributed by atoms with Crippen LogP contribution < -0.4 is 10.6 Å². The van der Waals surface area contributed by atoms with Gasteiger partial charge >= 0.3 is 0 Å². The molecule has 1 amide bonds. The van der Waals surface area contributed by atoms with Crippen LogP contribution in [0.5, 0.6) is 0 Å². The van der Waals surface area contributed by atoms with E-state index in [0.29, 0.717) is 19.7 Å². The first-order valence-corrected chi connectivity index (χ1v) is 7.49. The van der Waals surface area contributed by atoms with Crippen molar-refractivity contribution in [1.29, 1.82) is 0 Å². The van der Waals surface area contributed by atoms with Crippen LogP contribution in [0.25, 0.3) is 0 Å². The van der Waals surface area contributed by atoms with Crippen LogP contribution in [-0.4, -0.2) is 37.0 Å². The van der Waals surface area contributed by atoms with Gasteiger partial charge in [-0.3, -0.25) is 4.79 Å². The molecule has 2 atom stereocenters. The van der Waals surface area contributed by atoms with Crippen molar-refractivity contribution in [2.24, 2.45) is 0 Å². The Hall–Kier alpha value is -1.69. The fourth-order valence-corrected chi connectivity index (χ4v) is 2.38. The maximum absolute atomic E-state index is 12.5. The third kappa shape index (κ3) is 4.66. The number of hydrogen-bond donors (Lipinski definition) is 2. The van der Waals surface area contributed by atoms with Crippen molar-refractivity contribution in [2.75, 3.05) is 13.2 Å². The standard InChI is InChI=1S/C17H24N2O3/c1-4-10-18-15(14-12-21-17(2,3)22-14)16(20)19-11-13-8-6-5-7-9-13/h4-9,14-15,18H,1,10-12H2,2-3H3,(H,19,20)/t14-,15+/m1/s1. The summed E-state index contributed by atoms with van der Waals surface area (Å²) in [5.41, 5.74) is 1.06. The van der Waals surface area contributed by atoms with Crippen molar-refractivity contribution in [2.45, 2.75) is 38.3 Å². The van der Waals surface area contributed by atoms with Crippen molar-refractivity contribution in [3.05, 3.63) is 48.6 Å². The quantitative estimate of drug-likeness (QED) is 0.751. The van der Waals surface area contributed by atoms with Gasteiger partial charge in [0, 0.05) is 13.1 Å². The molecule has 5 nitrogen and oxygen atoms in total. The van der Waals surface area contributed by atoms with Gasteiger partial charge < -0.3 is 20.1 Å². The number of benzene rings is 1. The van der Waals surface area contributed by atoms with E-state index in [1.54, 1.807) is 6.08 Å². The highest BCUT2D eigenvalue weighted by molar-refractivity contribution is 5.82. The van der Waals surface area contributed by atoms with Crippen LogP contribution in [0.3, 0.4) is 0 Å². The zero-order valence-electron chi connectivity index (χ0n) is 13.2. The van der Waals surface area contributed by atoms with Crippen LogP contribution >= 0.6 is 0 Å². The Balaban J connectivity index is 1.95. The molecule has 0 saturated carbocycles. The molecule has 1 saturated heterocycles. The first-order valence-electron chi connectivity index (χ1n) is 7.49. The lowest BCUT2D eigenvalue weighted by Gasteiger charge is -2.24. The molecule has 0 aromatic heterocycles. The summed E-state index contributed by atoms with van der Waals surface area (Å²) in [6, 6.07) is 9.33. The number of hydrogen-bond acceptors (Lipinski definition) is 4. The van der Waals surface area contributed by atoms with Crippen LogP contribution in [0.1, 0.15) is 19.4 Å². The third-order valence-corrected chi connectivity index (χ3v) is 3.48. The highest BCUT2D eigenvalue weighted by atomic mass is 16.7. The van der Waals surface area contributed by atoms with Crippen LogP contribution in [0.15, 0.2) is 43.0 Å². The number of carbonyl (C=O) groups is 1. The van der Waals surface area contributed by atoms with Crippen molar-refractivity contribution in [3.8, 4) is 0 Å². The molecule has 2 N–H and O–H groups in total. The first kappa shape index (κ1) is 16.7. The zero-order valence-corrected chi connectivity index (χ0v) is 13.2. The summed E-state index contributed by atoms with van der Waals surface area (Å²) in [4.78, 5) is 12.5. The second kappa shape index (κ2) is 7.54. The summed E-state index contributed by atoms with van der Waals surface area (Å²) in [7, 11) is 0. The highest BCUT2D eigenvalue weighted by Gasteiger charge is 2.40. The van der Waals surface area contributed by atoms with Crippen LogP contribution in [0.4, 0.5) is 0 Å². The Kier molecular flexibility index (Phi) is 5.71. The fourth-order valence-electron chi connectivity index (χ4n) is 2.38. The SMILES string of the molecule is C=CCN[C@H](C(=O)NCc1ccccc1)[C@H]1COC(C)(C)O1. The lowest BCUT2D eigenvalue weighted by molar-refractivity contribution is -0.146. The predicted octanol–water partition coefficient (Wildman–Crippen LogP) is 1.60. The molecule has 0 bridgehead atoms. The van der Waals surface area contributed by atoms with E-state index >= 15 is 0 Å². The van der Waals surface area contributed by atoms with E-state index in [1.165, 1.54) is 0 Å². The minimum atomic E-state index is -0.654. The second-order valence-corrected chi connectivity index (χ2v) is 5.75. The van der Waals surface area contributed by atoms with Crippen LogP contribution in [-0.2, 0) is 20.8 Å². The Morgan fingerprint density at radius 2 is 2.18 bits per heavy atom. The Morgan fingerprint density at radius 3 is 2.77 bits per heavy atom. The van der Waals surface area contributed by atoms with Gasteiger partial charge in [-0.25, -0.2) is 0 Å². The van der Waals surface area contributed by atoms with Crippen LogP contribution in [0.2, 0.25) is 0 Å². The second-order valence-electron chi connectivity index (χ2n) is 5.75. The molecule has 1 aromatic carbocycles. The van der Waals surface area contributed by atoms with E-state index in [2.05, 4.69) is 17.2 Å². The van der Waals surface area contributed by atoms with Crippen molar-refractivity contribution in [1.82, 2.24) is 10.6 Å². The smallest absolute Gasteiger partial charge is 0.240 e. The van der Waals surface area contributed by atoms with Gasteiger partial charge in [-0.05, 0) is 19.4 Å². The number of amides is 1. The molecule has 0 radical (unpaired) electrons. The van der Waals surface area contributed by atoms with E-state index in [9.17, 15) is 4.79 Å². The fraction of sp³-hybridized carbons (Fsp3) is 0.471. The van der Waals surface area contributed by atoms with E-state index in [4.69, 9.17) is 9.47 Å². The molecule has 1 fully saturated rings. The molecule has 1 aliphatic heterocycles. The number of ether oxygens (including phenoxy) is 2. The van der Waals surface area contributed by atoms with Gasteiger partial charge in [0.1, 0.15) is 12.1 Å². The molecule has 1 heterocycles. The Morgan fingerprint density at radius 1 is 1.45 bits per heavy atom. The summed E-state index contributed by atoms with van der Waals surface area (Å²) < 4.78 is 11.4. The predicted molar refractivity (Wildman–Crippen MR) is 85.2 cm³/mol. The number of rotatable bonds is 7. The van der Waals surface area contributed by atoms with Crippen molar-refractivity contribution < 1.29 is 14.3 Å². The number of nitrogens with one attached hydrogen (secondary N) is 2. The third-order valence-electron chi connectivity index (χ3n) is 3.48. The van der Waals surface area contributed by atoms with E-state index in [-0.39, 0.29) is 12.0 Å². The lowest BCUT2D eigenvalue weighted by atomic mass is 10.1. The van der Waals surface area contributed by atoms with Gasteiger partial charge in [0.25, 0.3) is 0 Å². The summed E-state index contributed by atoms with van der Waals surface area (Å²) in [6.45, 7) is 8.78. The lowest BCUT2D eigenvalue weighted by Crippen LogP contribution is -2.52. The van der Waals surface area contributed by atoms with E-state index in [1.807, 2.05) is 44.2 Å². The minimum Gasteiger partial charge on any atom is -0.351 e. The maximum Gasteiger partial charge on any atom is 0.240 e. The normalized spacial score (nSPS) is 21.3. The minimum absolute atomic E-state index is 0.1000. The average Bonchev–Trinajstić information content (AvgIpc) is 2.86. The first-order chi connectivity index (χ1) is 10.5. The summed E-state index contributed by atoms with van der Waals surface area (Å²) in [6.07, 6.45) is 1.41. The van der Waals surface area contributed by atoms with Crippen LogP contribution in [0, 0.1) is 0 Å². The molecular weight excluding hydrogens is 280 g/mol. The van der Waals surface area contributed by atoms with Crippen molar-refractivity contribution in [3.63, 3.8) is 0 Å². The molecule has 5 heteroatoms. The van der Waals surface area contributed by atoms with Gasteiger partial charge in [0.05, 0.1) is 6.61 Å². The molecule has 0 unspecified atom stereocenters. The molecule has 1 aliphatic rings. The summed E-state index contributed by atoms with van der Waals surface area (Å²) in [5.74, 6) is -0.754. The topological polar surface area (TPSA) is 59.6 Å².